The number of nitrogens with zero attached hydrogens (tertiary/aromatic N) is 3. The Morgan fingerprint density at radius 1 is 0.917 bits per heavy atom. The van der Waals surface area contributed by atoms with Gasteiger partial charge in [0.15, 0.2) is 11.5 Å². The summed E-state index contributed by atoms with van der Waals surface area (Å²) in [5.41, 5.74) is 1.13. The van der Waals surface area contributed by atoms with E-state index >= 15 is 0 Å². The number of hydrogen-bond acceptors (Lipinski definition) is 7. The van der Waals surface area contributed by atoms with E-state index in [1.807, 2.05) is 0 Å². The van der Waals surface area contributed by atoms with Crippen LogP contribution in [0.25, 0.3) is 22.9 Å². The van der Waals surface area contributed by atoms with Gasteiger partial charge in [0.2, 0.25) is 11.8 Å². The zero-order valence-corrected chi connectivity index (χ0v) is 12.3. The van der Waals surface area contributed by atoms with Gasteiger partial charge in [0.1, 0.15) is 13.2 Å². The lowest BCUT2D eigenvalue weighted by atomic mass is 10.2. The Labute approximate surface area is 135 Å². The molecule has 4 rings (SSSR count). The largest absolute Gasteiger partial charge is 0.486 e. The summed E-state index contributed by atoms with van der Waals surface area (Å²) in [4.78, 5) is 10.4. The standard InChI is InChI=1S/C16H11N3O5/c20-19(21)12-3-1-2-10(8-12)15-17-18-16(24-15)11-4-5-13-14(9-11)23-7-6-22-13/h1-5,8-9H,6-7H2. The van der Waals surface area contributed by atoms with E-state index in [0.717, 1.165) is 0 Å². The van der Waals surface area contributed by atoms with E-state index in [4.69, 9.17) is 13.9 Å². The van der Waals surface area contributed by atoms with Crippen molar-refractivity contribution in [1.29, 1.82) is 0 Å². The summed E-state index contributed by atoms with van der Waals surface area (Å²) in [5, 5.41) is 18.8. The molecule has 0 atom stereocenters. The van der Waals surface area contributed by atoms with Crippen molar-refractivity contribution in [3.05, 3.63) is 52.6 Å². The fraction of sp³-hybridized carbons (Fsp3) is 0.125. The molecule has 1 aromatic heterocycles. The van der Waals surface area contributed by atoms with Crippen LogP contribution in [-0.2, 0) is 0 Å². The molecule has 0 saturated heterocycles. The Morgan fingerprint density at radius 2 is 1.62 bits per heavy atom. The molecule has 0 bridgehead atoms. The smallest absolute Gasteiger partial charge is 0.270 e. The van der Waals surface area contributed by atoms with Crippen molar-refractivity contribution in [1.82, 2.24) is 10.2 Å². The number of non-ortho nitro benzene ring substituents is 1. The fourth-order valence-electron chi connectivity index (χ4n) is 2.39. The topological polar surface area (TPSA) is 101 Å². The van der Waals surface area contributed by atoms with Crippen molar-refractivity contribution < 1.29 is 18.8 Å². The van der Waals surface area contributed by atoms with Crippen molar-refractivity contribution >= 4 is 5.69 Å². The number of aromatic nitrogens is 2. The first-order valence-electron chi connectivity index (χ1n) is 7.19. The maximum Gasteiger partial charge on any atom is 0.270 e. The van der Waals surface area contributed by atoms with Crippen LogP contribution in [0.15, 0.2) is 46.9 Å². The van der Waals surface area contributed by atoms with Crippen LogP contribution >= 0.6 is 0 Å². The molecule has 8 nitrogen and oxygen atoms in total. The summed E-state index contributed by atoms with van der Waals surface area (Å²) in [7, 11) is 0. The van der Waals surface area contributed by atoms with Gasteiger partial charge in [0, 0.05) is 23.3 Å². The molecule has 120 valence electrons. The average molecular weight is 325 g/mol. The van der Waals surface area contributed by atoms with Crippen LogP contribution in [0.1, 0.15) is 0 Å². The normalized spacial score (nSPS) is 12.8. The minimum absolute atomic E-state index is 0.0356. The lowest BCUT2D eigenvalue weighted by Gasteiger charge is -2.18. The third kappa shape index (κ3) is 2.54. The van der Waals surface area contributed by atoms with Gasteiger partial charge in [-0.3, -0.25) is 10.1 Å². The van der Waals surface area contributed by atoms with Gasteiger partial charge in [-0.2, -0.15) is 0 Å². The number of rotatable bonds is 3. The van der Waals surface area contributed by atoms with E-state index in [0.29, 0.717) is 41.7 Å². The monoisotopic (exact) mass is 325 g/mol. The van der Waals surface area contributed by atoms with Gasteiger partial charge >= 0.3 is 0 Å². The lowest BCUT2D eigenvalue weighted by molar-refractivity contribution is -0.384. The van der Waals surface area contributed by atoms with Gasteiger partial charge in [-0.05, 0) is 24.3 Å². The molecule has 2 aromatic carbocycles. The van der Waals surface area contributed by atoms with Crippen molar-refractivity contribution in [3.63, 3.8) is 0 Å². The first-order valence-corrected chi connectivity index (χ1v) is 7.19. The van der Waals surface area contributed by atoms with Gasteiger partial charge in [-0.25, -0.2) is 0 Å². The summed E-state index contributed by atoms with van der Waals surface area (Å²) in [6.07, 6.45) is 0. The Bertz CT molecular complexity index is 922. The van der Waals surface area contributed by atoms with Crippen LogP contribution in [-0.4, -0.2) is 28.3 Å². The van der Waals surface area contributed by atoms with E-state index in [2.05, 4.69) is 10.2 Å². The molecular weight excluding hydrogens is 314 g/mol. The lowest BCUT2D eigenvalue weighted by Crippen LogP contribution is -2.15. The molecule has 0 unspecified atom stereocenters. The van der Waals surface area contributed by atoms with Crippen LogP contribution < -0.4 is 9.47 Å². The van der Waals surface area contributed by atoms with Crippen molar-refractivity contribution in [2.45, 2.75) is 0 Å². The Kier molecular flexibility index (Phi) is 3.34. The first-order chi connectivity index (χ1) is 11.7. The van der Waals surface area contributed by atoms with Crippen molar-refractivity contribution in [2.24, 2.45) is 0 Å². The third-order valence-electron chi connectivity index (χ3n) is 3.52. The van der Waals surface area contributed by atoms with Gasteiger partial charge in [-0.15, -0.1) is 10.2 Å². The Balaban J connectivity index is 1.68. The molecule has 0 radical (unpaired) electrons. The highest BCUT2D eigenvalue weighted by Gasteiger charge is 2.17. The first kappa shape index (κ1) is 14.2. The van der Waals surface area contributed by atoms with Crippen LogP contribution in [0.3, 0.4) is 0 Å². The van der Waals surface area contributed by atoms with E-state index < -0.39 is 4.92 Å². The average Bonchev–Trinajstić information content (AvgIpc) is 3.11. The molecule has 1 aliphatic rings. The number of hydrogen-bond donors (Lipinski definition) is 0. The number of ether oxygens (including phenoxy) is 2. The highest BCUT2D eigenvalue weighted by atomic mass is 16.6. The van der Waals surface area contributed by atoms with Gasteiger partial charge in [-0.1, -0.05) is 6.07 Å². The summed E-state index contributed by atoms with van der Waals surface area (Å²) in [5.74, 6) is 1.80. The highest BCUT2D eigenvalue weighted by Crippen LogP contribution is 2.35. The molecule has 0 aliphatic carbocycles. The molecule has 0 amide bonds. The maximum absolute atomic E-state index is 10.9. The second kappa shape index (κ2) is 5.65. The Hall–Kier alpha value is -3.42. The van der Waals surface area contributed by atoms with Gasteiger partial charge in [0.25, 0.3) is 5.69 Å². The SMILES string of the molecule is O=[N+]([O-])c1cccc(-c2nnc(-c3ccc4c(c3)OCCO4)o2)c1. The molecule has 2 heterocycles. The van der Waals surface area contributed by atoms with Crippen molar-refractivity contribution in [3.8, 4) is 34.4 Å². The molecule has 1 aliphatic heterocycles. The van der Waals surface area contributed by atoms with Gasteiger partial charge in [0.05, 0.1) is 4.92 Å². The molecule has 24 heavy (non-hydrogen) atoms. The second-order valence-corrected chi connectivity index (χ2v) is 5.08. The van der Waals surface area contributed by atoms with Crippen LogP contribution in [0.2, 0.25) is 0 Å². The molecule has 0 N–H and O–H groups in total. The quantitative estimate of drug-likeness (QED) is 0.538. The van der Waals surface area contributed by atoms with E-state index in [1.165, 1.54) is 12.1 Å². The molecule has 0 spiro atoms. The number of benzene rings is 2. The van der Waals surface area contributed by atoms with Gasteiger partial charge < -0.3 is 13.9 Å². The molecule has 8 heteroatoms. The zero-order chi connectivity index (χ0) is 16.5. The molecule has 3 aromatic rings. The minimum Gasteiger partial charge on any atom is -0.486 e. The number of fused-ring (bicyclic) bond motifs is 1. The summed E-state index contributed by atoms with van der Waals surface area (Å²) < 4.78 is 16.6. The summed E-state index contributed by atoms with van der Waals surface area (Å²) >= 11 is 0. The zero-order valence-electron chi connectivity index (χ0n) is 12.3. The summed E-state index contributed by atoms with van der Waals surface area (Å²) in [6, 6.07) is 11.4. The van der Waals surface area contributed by atoms with Crippen LogP contribution in [0, 0.1) is 10.1 Å². The molecule has 0 saturated carbocycles. The van der Waals surface area contributed by atoms with Crippen LogP contribution in [0.4, 0.5) is 5.69 Å². The minimum atomic E-state index is -0.471. The van der Waals surface area contributed by atoms with E-state index in [-0.39, 0.29) is 11.6 Å². The molecule has 0 fully saturated rings. The second-order valence-electron chi connectivity index (χ2n) is 5.08. The molecular formula is C16H11N3O5. The van der Waals surface area contributed by atoms with Crippen LogP contribution in [0.5, 0.6) is 11.5 Å². The number of nitro groups is 1. The third-order valence-corrected chi connectivity index (χ3v) is 3.52. The Morgan fingerprint density at radius 3 is 2.38 bits per heavy atom. The predicted octanol–water partition coefficient (Wildman–Crippen LogP) is 3.08. The fourth-order valence-corrected chi connectivity index (χ4v) is 2.39. The van der Waals surface area contributed by atoms with E-state index in [1.54, 1.807) is 30.3 Å². The number of nitro benzene ring substituents is 1. The van der Waals surface area contributed by atoms with Crippen molar-refractivity contribution in [2.75, 3.05) is 13.2 Å². The summed E-state index contributed by atoms with van der Waals surface area (Å²) in [6.45, 7) is 1.00. The van der Waals surface area contributed by atoms with E-state index in [9.17, 15) is 10.1 Å². The predicted molar refractivity (Wildman–Crippen MR) is 82.8 cm³/mol. The maximum atomic E-state index is 10.9. The highest BCUT2D eigenvalue weighted by molar-refractivity contribution is 5.63.